The summed E-state index contributed by atoms with van der Waals surface area (Å²) in [5, 5.41) is 8.86. The highest BCUT2D eigenvalue weighted by molar-refractivity contribution is 5.31. The average Bonchev–Trinajstić information content (AvgIpc) is 2.75. The van der Waals surface area contributed by atoms with Gasteiger partial charge in [0.25, 0.3) is 0 Å². The summed E-state index contributed by atoms with van der Waals surface area (Å²) in [5.74, 6) is 1.02. The molecule has 5 heteroatoms. The van der Waals surface area contributed by atoms with Crippen LogP contribution in [0.2, 0.25) is 0 Å². The maximum atomic E-state index is 8.86. The summed E-state index contributed by atoms with van der Waals surface area (Å²) in [7, 11) is 2.01. The van der Waals surface area contributed by atoms with Crippen LogP contribution in [0.15, 0.2) is 12.4 Å². The Hall–Kier alpha value is -1.54. The molecule has 0 aliphatic carbocycles. The Morgan fingerprint density at radius 2 is 2.06 bits per heavy atom. The van der Waals surface area contributed by atoms with Crippen molar-refractivity contribution in [2.75, 3.05) is 31.1 Å². The molecule has 0 spiro atoms. The van der Waals surface area contributed by atoms with Crippen LogP contribution in [-0.2, 0) is 7.05 Å². The molecule has 0 amide bonds. The molecule has 0 saturated carbocycles. The van der Waals surface area contributed by atoms with Crippen molar-refractivity contribution >= 4 is 5.95 Å². The van der Waals surface area contributed by atoms with E-state index in [-0.39, 0.29) is 6.04 Å². The molecule has 1 aliphatic rings. The topological polar surface area (TPSA) is 48.1 Å². The van der Waals surface area contributed by atoms with E-state index in [0.717, 1.165) is 32.1 Å². The van der Waals surface area contributed by atoms with E-state index >= 15 is 0 Å². The second-order valence-electron chi connectivity index (χ2n) is 4.17. The number of hydrogen-bond donors (Lipinski definition) is 0. The van der Waals surface area contributed by atoms with Crippen LogP contribution in [-0.4, -0.2) is 46.7 Å². The summed E-state index contributed by atoms with van der Waals surface area (Å²) in [6.07, 6.45) is 3.78. The molecular formula is C11H17N5. The lowest BCUT2D eigenvalue weighted by molar-refractivity contribution is 0.230. The zero-order valence-electron chi connectivity index (χ0n) is 9.80. The van der Waals surface area contributed by atoms with Crippen LogP contribution in [0.1, 0.15) is 6.92 Å². The van der Waals surface area contributed by atoms with Crippen LogP contribution in [0.4, 0.5) is 5.95 Å². The molecule has 1 saturated heterocycles. The summed E-state index contributed by atoms with van der Waals surface area (Å²) in [6.45, 7) is 5.70. The summed E-state index contributed by atoms with van der Waals surface area (Å²) in [6, 6.07) is 2.30. The first-order valence-electron chi connectivity index (χ1n) is 5.58. The van der Waals surface area contributed by atoms with Gasteiger partial charge >= 0.3 is 0 Å². The number of aryl methyl sites for hydroxylation is 1. The van der Waals surface area contributed by atoms with E-state index in [9.17, 15) is 0 Å². The Bertz CT molecular complexity index is 383. The quantitative estimate of drug-likeness (QED) is 0.725. The number of hydrogen-bond acceptors (Lipinski definition) is 4. The molecule has 1 aromatic rings. The van der Waals surface area contributed by atoms with E-state index in [0.29, 0.717) is 0 Å². The van der Waals surface area contributed by atoms with Crippen molar-refractivity contribution in [1.29, 1.82) is 5.26 Å². The number of anilines is 1. The first-order chi connectivity index (χ1) is 7.72. The van der Waals surface area contributed by atoms with E-state index in [1.54, 1.807) is 0 Å². The summed E-state index contributed by atoms with van der Waals surface area (Å²) in [5.41, 5.74) is 0. The normalized spacial score (nSPS) is 19.4. The summed E-state index contributed by atoms with van der Waals surface area (Å²) >= 11 is 0. The summed E-state index contributed by atoms with van der Waals surface area (Å²) in [4.78, 5) is 8.81. The molecule has 1 aromatic heterocycles. The van der Waals surface area contributed by atoms with Crippen molar-refractivity contribution in [3.8, 4) is 6.07 Å². The lowest BCUT2D eigenvalue weighted by atomic mass is 10.2. The highest BCUT2D eigenvalue weighted by atomic mass is 15.3. The highest BCUT2D eigenvalue weighted by Gasteiger charge is 2.22. The predicted octanol–water partition coefficient (Wildman–Crippen LogP) is 0.454. The zero-order valence-corrected chi connectivity index (χ0v) is 9.80. The maximum Gasteiger partial charge on any atom is 0.205 e. The van der Waals surface area contributed by atoms with Gasteiger partial charge in [-0.05, 0) is 6.92 Å². The second kappa shape index (κ2) is 4.54. The minimum atomic E-state index is 0.0171. The van der Waals surface area contributed by atoms with Gasteiger partial charge in [-0.25, -0.2) is 4.98 Å². The summed E-state index contributed by atoms with van der Waals surface area (Å²) < 4.78 is 2.03. The molecule has 2 rings (SSSR count). The lowest BCUT2D eigenvalue weighted by Gasteiger charge is -2.36. The van der Waals surface area contributed by atoms with Crippen LogP contribution < -0.4 is 4.90 Å². The van der Waals surface area contributed by atoms with Gasteiger partial charge in [-0.1, -0.05) is 0 Å². The molecule has 1 fully saturated rings. The van der Waals surface area contributed by atoms with Gasteiger partial charge in [0.1, 0.15) is 0 Å². The third kappa shape index (κ3) is 2.02. The fraction of sp³-hybridized carbons (Fsp3) is 0.636. The van der Waals surface area contributed by atoms with Gasteiger partial charge in [0, 0.05) is 45.6 Å². The standard InChI is InChI=1S/C11H17N5/c1-10(9-12)15-5-7-16(8-6-15)11-13-3-4-14(11)2/h3-4,10H,5-8H2,1-2H3. The van der Waals surface area contributed by atoms with Crippen LogP contribution in [0.3, 0.4) is 0 Å². The third-order valence-electron chi connectivity index (χ3n) is 3.13. The molecule has 0 radical (unpaired) electrons. The molecule has 0 bridgehead atoms. The maximum absolute atomic E-state index is 8.86. The van der Waals surface area contributed by atoms with Crippen molar-refractivity contribution in [2.45, 2.75) is 13.0 Å². The van der Waals surface area contributed by atoms with Crippen LogP contribution in [0, 0.1) is 11.3 Å². The number of imidazole rings is 1. The van der Waals surface area contributed by atoms with Crippen molar-refractivity contribution < 1.29 is 0 Å². The lowest BCUT2D eigenvalue weighted by Crippen LogP contribution is -2.49. The number of piperazine rings is 1. The van der Waals surface area contributed by atoms with Crippen molar-refractivity contribution in [3.05, 3.63) is 12.4 Å². The fourth-order valence-corrected chi connectivity index (χ4v) is 2.05. The molecule has 1 aliphatic heterocycles. The molecule has 86 valence electrons. The van der Waals surface area contributed by atoms with E-state index in [1.165, 1.54) is 0 Å². The largest absolute Gasteiger partial charge is 0.340 e. The molecule has 5 nitrogen and oxygen atoms in total. The van der Waals surface area contributed by atoms with Gasteiger partial charge in [-0.15, -0.1) is 0 Å². The SMILES string of the molecule is CC(C#N)N1CCN(c2nccn2C)CC1. The Morgan fingerprint density at radius 3 is 2.56 bits per heavy atom. The minimum absolute atomic E-state index is 0.0171. The van der Waals surface area contributed by atoms with Crippen LogP contribution in [0.25, 0.3) is 0 Å². The molecule has 2 heterocycles. The monoisotopic (exact) mass is 219 g/mol. The smallest absolute Gasteiger partial charge is 0.205 e. The van der Waals surface area contributed by atoms with Gasteiger partial charge in [0.05, 0.1) is 12.1 Å². The number of rotatable bonds is 2. The van der Waals surface area contributed by atoms with Crippen molar-refractivity contribution in [2.24, 2.45) is 7.05 Å². The Kier molecular flexibility index (Phi) is 3.11. The van der Waals surface area contributed by atoms with Crippen LogP contribution in [0.5, 0.6) is 0 Å². The Balaban J connectivity index is 1.96. The Labute approximate surface area is 95.9 Å². The van der Waals surface area contributed by atoms with Crippen molar-refractivity contribution in [1.82, 2.24) is 14.5 Å². The molecule has 16 heavy (non-hydrogen) atoms. The second-order valence-corrected chi connectivity index (χ2v) is 4.17. The molecule has 0 aromatic carbocycles. The van der Waals surface area contributed by atoms with Crippen molar-refractivity contribution in [3.63, 3.8) is 0 Å². The number of nitrogens with zero attached hydrogens (tertiary/aromatic N) is 5. The zero-order chi connectivity index (χ0) is 11.5. The molecule has 1 atom stereocenters. The van der Waals surface area contributed by atoms with Crippen LogP contribution >= 0.6 is 0 Å². The van der Waals surface area contributed by atoms with Gasteiger partial charge < -0.3 is 9.47 Å². The predicted molar refractivity (Wildman–Crippen MR) is 62.1 cm³/mol. The molecular weight excluding hydrogens is 202 g/mol. The number of nitriles is 1. The first-order valence-corrected chi connectivity index (χ1v) is 5.58. The molecule has 1 unspecified atom stereocenters. The van der Waals surface area contributed by atoms with E-state index in [1.807, 2.05) is 30.9 Å². The van der Waals surface area contributed by atoms with Gasteiger partial charge in [0.15, 0.2) is 0 Å². The number of aromatic nitrogens is 2. The highest BCUT2D eigenvalue weighted by Crippen LogP contribution is 2.13. The minimum Gasteiger partial charge on any atom is -0.340 e. The van der Waals surface area contributed by atoms with E-state index < -0.39 is 0 Å². The van der Waals surface area contributed by atoms with Gasteiger partial charge in [-0.2, -0.15) is 5.26 Å². The van der Waals surface area contributed by atoms with E-state index in [4.69, 9.17) is 5.26 Å². The third-order valence-corrected chi connectivity index (χ3v) is 3.13. The van der Waals surface area contributed by atoms with Gasteiger partial charge in [-0.3, -0.25) is 4.90 Å². The first kappa shape index (κ1) is 11.0. The Morgan fingerprint density at radius 1 is 1.38 bits per heavy atom. The average molecular weight is 219 g/mol. The fourth-order valence-electron chi connectivity index (χ4n) is 2.05. The van der Waals surface area contributed by atoms with E-state index in [2.05, 4.69) is 20.9 Å². The van der Waals surface area contributed by atoms with Gasteiger partial charge in [0.2, 0.25) is 5.95 Å². The molecule has 0 N–H and O–H groups in total.